The number of hydrogen-bond acceptors (Lipinski definition) is 5. The van der Waals surface area contributed by atoms with Crippen LogP contribution in [0.5, 0.6) is 0 Å². The number of rotatable bonds is 7. The van der Waals surface area contributed by atoms with Gasteiger partial charge in [0.2, 0.25) is 11.8 Å². The van der Waals surface area contributed by atoms with Crippen molar-refractivity contribution in [2.45, 2.75) is 38.1 Å². The minimum Gasteiger partial charge on any atom is -0.337 e. The third-order valence-electron chi connectivity index (χ3n) is 6.65. The van der Waals surface area contributed by atoms with Gasteiger partial charge < -0.3 is 10.2 Å². The molecule has 34 heavy (non-hydrogen) atoms. The quantitative estimate of drug-likeness (QED) is 0.516. The predicted molar refractivity (Wildman–Crippen MR) is 135 cm³/mol. The van der Waals surface area contributed by atoms with E-state index >= 15 is 0 Å². The van der Waals surface area contributed by atoms with Gasteiger partial charge in [0.15, 0.2) is 0 Å². The third kappa shape index (κ3) is 4.80. The number of aliphatic imine (C=N–C) groups is 1. The number of nitrogens with one attached hydrogen (secondary N) is 1. The molecule has 5 rings (SSSR count). The Morgan fingerprint density at radius 1 is 1.24 bits per heavy atom. The second-order valence-electron chi connectivity index (χ2n) is 8.91. The molecule has 0 bridgehead atoms. The highest BCUT2D eigenvalue weighted by Gasteiger charge is 2.44. The summed E-state index contributed by atoms with van der Waals surface area (Å²) in [5, 5.41) is 4.03. The van der Waals surface area contributed by atoms with Gasteiger partial charge in [0.25, 0.3) is 0 Å². The van der Waals surface area contributed by atoms with Crippen molar-refractivity contribution in [3.05, 3.63) is 82.0 Å². The fourth-order valence-electron chi connectivity index (χ4n) is 4.71. The van der Waals surface area contributed by atoms with E-state index in [0.717, 1.165) is 33.8 Å². The van der Waals surface area contributed by atoms with E-state index in [0.29, 0.717) is 31.8 Å². The van der Waals surface area contributed by atoms with Gasteiger partial charge in [0.05, 0.1) is 6.54 Å². The molecule has 2 amide bonds. The Kier molecular flexibility index (Phi) is 6.54. The number of benzene rings is 1. The van der Waals surface area contributed by atoms with Crippen LogP contribution in [0.1, 0.15) is 45.9 Å². The molecule has 2 aliphatic rings. The first-order valence-electron chi connectivity index (χ1n) is 11.7. The molecule has 2 aromatic heterocycles. The number of anilines is 1. The molecule has 2 unspecified atom stereocenters. The molecule has 1 aliphatic carbocycles. The minimum absolute atomic E-state index is 0.0125. The number of aromatic nitrogens is 1. The summed E-state index contributed by atoms with van der Waals surface area (Å²) in [5.41, 5.74) is 4.50. The molecule has 174 valence electrons. The lowest BCUT2D eigenvalue weighted by Gasteiger charge is -2.27. The van der Waals surface area contributed by atoms with Crippen LogP contribution in [-0.4, -0.2) is 41.5 Å². The van der Waals surface area contributed by atoms with Crippen molar-refractivity contribution in [2.24, 2.45) is 10.9 Å². The zero-order valence-electron chi connectivity index (χ0n) is 19.2. The number of aryl methyl sites for hydroxylation is 1. The van der Waals surface area contributed by atoms with E-state index in [1.54, 1.807) is 24.6 Å². The molecule has 0 spiro atoms. The van der Waals surface area contributed by atoms with E-state index in [4.69, 9.17) is 0 Å². The van der Waals surface area contributed by atoms with Crippen LogP contribution in [0.4, 0.5) is 5.00 Å². The Balaban J connectivity index is 1.25. The van der Waals surface area contributed by atoms with Crippen LogP contribution >= 0.6 is 11.3 Å². The van der Waals surface area contributed by atoms with Gasteiger partial charge in [-0.05, 0) is 47.9 Å². The largest absolute Gasteiger partial charge is 0.337 e. The summed E-state index contributed by atoms with van der Waals surface area (Å²) < 4.78 is 0. The fourth-order valence-corrected chi connectivity index (χ4v) is 5.95. The highest BCUT2D eigenvalue weighted by atomic mass is 32.1. The second kappa shape index (κ2) is 9.89. The molecule has 1 N–H and O–H groups in total. The van der Waals surface area contributed by atoms with Crippen LogP contribution in [0.3, 0.4) is 0 Å². The van der Waals surface area contributed by atoms with Gasteiger partial charge in [0, 0.05) is 55.0 Å². The zero-order chi connectivity index (χ0) is 23.5. The monoisotopic (exact) mass is 472 g/mol. The molecular formula is C27H28N4O2S. The summed E-state index contributed by atoms with van der Waals surface area (Å²) >= 11 is 1.58. The number of amides is 2. The topological polar surface area (TPSA) is 74.7 Å². The van der Waals surface area contributed by atoms with E-state index in [1.165, 1.54) is 11.1 Å². The third-order valence-corrected chi connectivity index (χ3v) is 7.80. The Labute approximate surface area is 203 Å². The standard InChI is InChI=1S/C27H28N4O2S/c1-28-16-23-20-11-13-31(25(32)10-9-18-6-5-12-29-15-18)17-24(20)34-27(23)30-26(33)22-14-21(22)19-7-3-2-4-8-19/h2-8,12,15-16,21-22H,9-11,13-14,17H2,1H3,(H,30,33). The smallest absolute Gasteiger partial charge is 0.228 e. The second-order valence-corrected chi connectivity index (χ2v) is 10.0. The average Bonchev–Trinajstić information content (AvgIpc) is 3.62. The molecule has 7 heteroatoms. The lowest BCUT2D eigenvalue weighted by Crippen LogP contribution is -2.35. The first-order chi connectivity index (χ1) is 16.6. The fraction of sp³-hybridized carbons (Fsp3) is 0.333. The molecule has 2 atom stereocenters. The van der Waals surface area contributed by atoms with Crippen LogP contribution in [0.25, 0.3) is 0 Å². The highest BCUT2D eigenvalue weighted by molar-refractivity contribution is 7.17. The van der Waals surface area contributed by atoms with Crippen molar-refractivity contribution < 1.29 is 9.59 Å². The van der Waals surface area contributed by atoms with Gasteiger partial charge in [-0.2, -0.15) is 0 Å². The van der Waals surface area contributed by atoms with E-state index in [9.17, 15) is 9.59 Å². The predicted octanol–water partition coefficient (Wildman–Crippen LogP) is 4.45. The maximum atomic E-state index is 13.0. The van der Waals surface area contributed by atoms with Gasteiger partial charge >= 0.3 is 0 Å². The number of pyridine rings is 1. The molecule has 0 saturated heterocycles. The van der Waals surface area contributed by atoms with Crippen LogP contribution in [-0.2, 0) is 29.0 Å². The van der Waals surface area contributed by atoms with Crippen LogP contribution in [0, 0.1) is 5.92 Å². The first kappa shape index (κ1) is 22.5. The Hall–Kier alpha value is -3.32. The number of hydrogen-bond donors (Lipinski definition) is 1. The van der Waals surface area contributed by atoms with Crippen molar-refractivity contribution in [1.82, 2.24) is 9.88 Å². The lowest BCUT2D eigenvalue weighted by atomic mass is 10.0. The molecule has 1 aromatic carbocycles. The maximum absolute atomic E-state index is 13.0. The maximum Gasteiger partial charge on any atom is 0.228 e. The van der Waals surface area contributed by atoms with Gasteiger partial charge in [0.1, 0.15) is 5.00 Å². The average molecular weight is 473 g/mol. The summed E-state index contributed by atoms with van der Waals surface area (Å²) in [6.45, 7) is 1.27. The molecule has 1 fully saturated rings. The summed E-state index contributed by atoms with van der Waals surface area (Å²) in [4.78, 5) is 37.3. The molecule has 6 nitrogen and oxygen atoms in total. The van der Waals surface area contributed by atoms with Gasteiger partial charge in [-0.1, -0.05) is 36.4 Å². The number of carbonyl (C=O) groups is 2. The molecule has 3 heterocycles. The molecular weight excluding hydrogens is 444 g/mol. The van der Waals surface area contributed by atoms with E-state index in [-0.39, 0.29) is 17.7 Å². The summed E-state index contributed by atoms with van der Waals surface area (Å²) in [7, 11) is 1.75. The van der Waals surface area contributed by atoms with Crippen molar-refractivity contribution in [3.63, 3.8) is 0 Å². The number of thiophene rings is 1. The number of nitrogens with zero attached hydrogens (tertiary/aromatic N) is 3. The SMILES string of the molecule is CN=Cc1c(NC(=O)C2CC2c2ccccc2)sc2c1CCN(C(=O)CCc1cccnc1)C2. The van der Waals surface area contributed by atoms with Gasteiger partial charge in [-0.3, -0.25) is 19.6 Å². The van der Waals surface area contributed by atoms with Crippen LogP contribution < -0.4 is 5.32 Å². The highest BCUT2D eigenvalue weighted by Crippen LogP contribution is 2.48. The van der Waals surface area contributed by atoms with E-state index < -0.39 is 0 Å². The summed E-state index contributed by atoms with van der Waals surface area (Å²) in [6.07, 6.45) is 8.23. The van der Waals surface area contributed by atoms with Crippen LogP contribution in [0.15, 0.2) is 59.9 Å². The number of fused-ring (bicyclic) bond motifs is 1. The van der Waals surface area contributed by atoms with Gasteiger partial charge in [-0.15, -0.1) is 11.3 Å². The van der Waals surface area contributed by atoms with E-state index in [1.807, 2.05) is 47.6 Å². The number of carbonyl (C=O) groups excluding carboxylic acids is 2. The van der Waals surface area contributed by atoms with Gasteiger partial charge in [-0.25, -0.2) is 0 Å². The van der Waals surface area contributed by atoms with Crippen molar-refractivity contribution in [3.8, 4) is 0 Å². The normalized spacial score (nSPS) is 19.1. The zero-order valence-corrected chi connectivity index (χ0v) is 20.1. The molecule has 3 aromatic rings. The Morgan fingerprint density at radius 2 is 2.09 bits per heavy atom. The molecule has 0 radical (unpaired) electrons. The lowest BCUT2D eigenvalue weighted by molar-refractivity contribution is -0.132. The first-order valence-corrected chi connectivity index (χ1v) is 12.5. The minimum atomic E-state index is 0.0125. The Morgan fingerprint density at radius 3 is 2.85 bits per heavy atom. The Bertz CT molecular complexity index is 1210. The molecule has 1 aliphatic heterocycles. The van der Waals surface area contributed by atoms with Crippen molar-refractivity contribution >= 4 is 34.4 Å². The van der Waals surface area contributed by atoms with E-state index in [2.05, 4.69) is 27.4 Å². The van der Waals surface area contributed by atoms with Crippen molar-refractivity contribution in [1.29, 1.82) is 0 Å². The van der Waals surface area contributed by atoms with Crippen LogP contribution in [0.2, 0.25) is 0 Å². The van der Waals surface area contributed by atoms with Crippen molar-refractivity contribution in [2.75, 3.05) is 18.9 Å². The summed E-state index contributed by atoms with van der Waals surface area (Å²) in [6, 6.07) is 14.1. The molecule has 1 saturated carbocycles. The summed E-state index contributed by atoms with van der Waals surface area (Å²) in [5.74, 6) is 0.538.